The molecule has 9 aromatic carbocycles. The van der Waals surface area contributed by atoms with Gasteiger partial charge < -0.3 is 19.6 Å². The van der Waals surface area contributed by atoms with Crippen molar-refractivity contribution in [2.24, 2.45) is 14.1 Å². The second-order valence-corrected chi connectivity index (χ2v) is 35.7. The number of aromatic nitrogens is 11. The van der Waals surface area contributed by atoms with Gasteiger partial charge in [-0.05, 0) is 205 Å². The van der Waals surface area contributed by atoms with E-state index < -0.39 is 15.8 Å². The van der Waals surface area contributed by atoms with Crippen LogP contribution in [-0.2, 0) is 89.6 Å². The molecule has 0 aliphatic carbocycles. The van der Waals surface area contributed by atoms with Crippen LogP contribution in [0.3, 0.4) is 0 Å². The number of amides is 4. The molecule has 0 fully saturated rings. The molecule has 22 nitrogen and oxygen atoms in total. The van der Waals surface area contributed by atoms with Crippen LogP contribution in [0.2, 0.25) is 15.1 Å². The van der Waals surface area contributed by atoms with Crippen LogP contribution >= 0.6 is 34.8 Å². The molecule has 4 amide bonds. The number of carbonyl (C=O) groups is 4. The third-order valence-electron chi connectivity index (χ3n) is 24.0. The zero-order valence-corrected chi connectivity index (χ0v) is 74.7. The quantitative estimate of drug-likeness (QED) is 0.0926. The average molecular weight is 1840 g/mol. The minimum absolute atomic E-state index is 0.00473. The summed E-state index contributed by atoms with van der Waals surface area (Å²) in [6, 6.07) is 77.5. The van der Waals surface area contributed by atoms with E-state index in [1.165, 1.54) is 16.4 Å². The van der Waals surface area contributed by atoms with E-state index in [9.17, 15) is 36.4 Å². The molecule has 0 atom stereocenters. The summed E-state index contributed by atoms with van der Waals surface area (Å²) in [5.41, 5.74) is 21.8. The summed E-state index contributed by atoms with van der Waals surface area (Å²) in [6.07, 6.45) is 21.0. The van der Waals surface area contributed by atoms with Gasteiger partial charge in [-0.3, -0.25) is 63.4 Å². The summed E-state index contributed by atoms with van der Waals surface area (Å²) in [6.45, 7) is 4.04. The lowest BCUT2D eigenvalue weighted by Crippen LogP contribution is -2.24. The Morgan fingerprint density at radius 2 is 0.767 bits per heavy atom. The first-order valence-corrected chi connectivity index (χ1v) is 45.2. The highest BCUT2D eigenvalue weighted by molar-refractivity contribution is 7.89. The van der Waals surface area contributed by atoms with Gasteiger partial charge in [-0.1, -0.05) is 162 Å². The molecule has 18 aromatic rings. The molecule has 0 bridgehead atoms. The summed E-state index contributed by atoms with van der Waals surface area (Å²) in [5, 5.41) is 14.8. The van der Waals surface area contributed by atoms with Gasteiger partial charge in [-0.2, -0.15) is 14.5 Å². The van der Waals surface area contributed by atoms with Crippen molar-refractivity contribution in [2.45, 2.75) is 70.3 Å². The Balaban J connectivity index is 0.000000107. The van der Waals surface area contributed by atoms with Gasteiger partial charge in [-0.25, -0.2) is 17.2 Å². The summed E-state index contributed by atoms with van der Waals surface area (Å²) in [7, 11) is 0.156. The summed E-state index contributed by atoms with van der Waals surface area (Å²) >= 11 is 19.5. The Labute approximate surface area is 778 Å². The van der Waals surface area contributed by atoms with Crippen LogP contribution in [0.1, 0.15) is 97.6 Å². The molecule has 23 rings (SSSR count). The van der Waals surface area contributed by atoms with Crippen LogP contribution in [0.4, 0.5) is 8.78 Å². The minimum Gasteiger partial charge on any atom is -0.329 e. The average Bonchev–Trinajstić information content (AvgIpc) is 1.60. The lowest BCUT2D eigenvalue weighted by molar-refractivity contribution is 0.0755. The molecule has 0 N–H and O–H groups in total. The number of fused-ring (bicyclic) bond motifs is 8. The molecule has 0 spiro atoms. The number of pyridine rings is 7. The smallest absolute Gasteiger partial charge is 0.273 e. The zero-order chi connectivity index (χ0) is 91.5. The normalized spacial score (nSPS) is 13.8. The molecule has 28 heteroatoms. The lowest BCUT2D eigenvalue weighted by Gasteiger charge is -2.17. The second kappa shape index (κ2) is 37.7. The van der Waals surface area contributed by atoms with E-state index >= 15 is 0 Å². The predicted molar refractivity (Wildman–Crippen MR) is 508 cm³/mol. The molecule has 0 saturated carbocycles. The first-order chi connectivity index (χ1) is 64.6. The van der Waals surface area contributed by atoms with Gasteiger partial charge in [0.2, 0.25) is 10.0 Å². The number of aryl methyl sites for hydroxylation is 2. The van der Waals surface area contributed by atoms with Crippen molar-refractivity contribution >= 4 is 101 Å². The molecule has 133 heavy (non-hydrogen) atoms. The first kappa shape index (κ1) is 87.1. The molecule has 9 aromatic heterocycles. The van der Waals surface area contributed by atoms with Crippen molar-refractivity contribution in [3.8, 4) is 55.6 Å². The Morgan fingerprint density at radius 1 is 0.346 bits per heavy atom. The van der Waals surface area contributed by atoms with E-state index in [0.717, 1.165) is 133 Å². The Morgan fingerprint density at radius 3 is 1.28 bits per heavy atom. The predicted octanol–water partition coefficient (Wildman–Crippen LogP) is 21.0. The van der Waals surface area contributed by atoms with Gasteiger partial charge >= 0.3 is 0 Å². The Bertz CT molecular complexity index is 7570. The number of hydrogen-bond acceptors (Lipinski definition) is 15. The third-order valence-corrected chi connectivity index (χ3v) is 27.0. The maximum atomic E-state index is 14.8. The van der Waals surface area contributed by atoms with Crippen molar-refractivity contribution in [2.75, 3.05) is 0 Å². The Hall–Kier alpha value is -15.3. The number of benzene rings is 9. The number of carbonyl (C=O) groups excluding carboxylic acids is 4. The largest absolute Gasteiger partial charge is 0.329 e. The second-order valence-electron chi connectivity index (χ2n) is 32.6. The molecule has 656 valence electrons. The molecule has 5 aliphatic rings. The molecule has 0 radical (unpaired) electrons. The van der Waals surface area contributed by atoms with E-state index in [4.69, 9.17) is 34.8 Å². The van der Waals surface area contributed by atoms with Gasteiger partial charge in [0.1, 0.15) is 28.7 Å². The van der Waals surface area contributed by atoms with Crippen molar-refractivity contribution in [1.82, 2.24) is 78.4 Å². The van der Waals surface area contributed by atoms with E-state index in [0.29, 0.717) is 99.5 Å². The number of rotatable bonds is 15. The van der Waals surface area contributed by atoms with E-state index in [1.807, 2.05) is 203 Å². The molecular formula is C105H79Cl3F2N16O6S. The topological polar surface area (TPSA) is 244 Å². The van der Waals surface area contributed by atoms with E-state index in [2.05, 4.69) is 69.4 Å². The fourth-order valence-corrected chi connectivity index (χ4v) is 19.3. The SMILES string of the molecule is Cn1cc2cc(-c3ccc(CN4Cc5ccccc5S4(=O)=O)c(F)c3)ccc2n1.Cn1ncc2ccc(-c3ccc(CN4Cc5ncccc5C4=O)c(F)c3)cc21.O=C1c2ncccc2CN1Cc1ccc(-c2ccc3cnccc3c2)cc1Cl.O=C1c2ncccc2CN1Cc1ccc(-c2ccncc2)cc1Cl.O=C1c2ncccc2CN1Cc1ccc(-c2ccncc2)cc1Cl. The van der Waals surface area contributed by atoms with Gasteiger partial charge in [0.15, 0.2) is 0 Å². The standard InChI is InChI=1S/C23H16ClN3O.C22H17FN4O.C22H18FN3O2S.2C19H14ClN3O/c24-21-11-16(15-3-5-18-12-25-9-7-17(18)10-15)4-6-19(21)13-27-14-20-2-1-8-26-22(20)23(27)28;1-26-21-10-15(4-6-16(21)11-25-26)14-5-7-17(19(23)9-14)12-27-13-20-18(22(27)28)3-2-8-24-20;1-25-12-19-10-15(8-9-21(19)24-25)16-6-7-17(20(23)11-16)13-26-14-18-4-2-3-5-22(18)29(26,27)28;2*20-17-10-14(13-5-8-21-9-6-13)3-4-15(17)11-23-12-16-2-1-7-22-18(16)19(23)24/h1-12H,13-14H2;2-11H,12-13H2,1H3;2-12H,13-14H2,1H3;2*1-10H,11-12H2. The van der Waals surface area contributed by atoms with Crippen LogP contribution in [-0.4, -0.2) is 110 Å². The lowest BCUT2D eigenvalue weighted by atomic mass is 10.0. The van der Waals surface area contributed by atoms with E-state index in [-0.39, 0.29) is 49.1 Å². The molecule has 0 unspecified atom stereocenters. The highest BCUT2D eigenvalue weighted by Gasteiger charge is 2.36. The first-order valence-electron chi connectivity index (χ1n) is 42.6. The monoisotopic (exact) mass is 1830 g/mol. The fraction of sp³-hybridized carbons (Fsp3) is 0.114. The van der Waals surface area contributed by atoms with Gasteiger partial charge in [0, 0.05) is 200 Å². The highest BCUT2D eigenvalue weighted by atomic mass is 35.5. The van der Waals surface area contributed by atoms with Crippen LogP contribution in [0.25, 0.3) is 88.2 Å². The fourth-order valence-electron chi connectivity index (χ4n) is 17.0. The van der Waals surface area contributed by atoms with Crippen LogP contribution in [0, 0.1) is 11.6 Å². The third kappa shape index (κ3) is 18.6. The molecular weight excluding hydrogens is 1760 g/mol. The highest BCUT2D eigenvalue weighted by Crippen LogP contribution is 2.38. The van der Waals surface area contributed by atoms with Crippen molar-refractivity contribution in [3.05, 3.63) is 428 Å². The van der Waals surface area contributed by atoms with Gasteiger partial charge in [0.05, 0.1) is 39.9 Å². The van der Waals surface area contributed by atoms with Gasteiger partial charge in [-0.15, -0.1) is 0 Å². The van der Waals surface area contributed by atoms with E-state index in [1.54, 1.807) is 127 Å². The minimum atomic E-state index is -3.59. The number of nitrogens with zero attached hydrogens (tertiary/aromatic N) is 16. The maximum Gasteiger partial charge on any atom is 0.273 e. The zero-order valence-electron chi connectivity index (χ0n) is 71.6. The summed E-state index contributed by atoms with van der Waals surface area (Å²) < 4.78 is 59.9. The number of sulfonamides is 1. The summed E-state index contributed by atoms with van der Waals surface area (Å²) in [4.78, 5) is 86.1. The molecule has 5 aliphatic heterocycles. The molecule has 0 saturated heterocycles. The van der Waals surface area contributed by atoms with Crippen molar-refractivity contribution in [1.29, 1.82) is 0 Å². The maximum absolute atomic E-state index is 14.8. The van der Waals surface area contributed by atoms with Crippen LogP contribution in [0.15, 0.2) is 328 Å². The Kier molecular flexibility index (Phi) is 24.7. The van der Waals surface area contributed by atoms with Crippen molar-refractivity contribution in [3.63, 3.8) is 0 Å². The summed E-state index contributed by atoms with van der Waals surface area (Å²) in [5.74, 6) is -0.967. The number of halogens is 5. The van der Waals surface area contributed by atoms with Crippen LogP contribution < -0.4 is 0 Å². The molecule has 14 heterocycles. The van der Waals surface area contributed by atoms with Crippen molar-refractivity contribution < 1.29 is 36.4 Å². The van der Waals surface area contributed by atoms with Crippen LogP contribution in [0.5, 0.6) is 0 Å². The number of hydrogen-bond donors (Lipinski definition) is 0. The van der Waals surface area contributed by atoms with Gasteiger partial charge in [0.25, 0.3) is 23.6 Å².